The number of esters is 1. The lowest BCUT2D eigenvalue weighted by molar-refractivity contribution is -0.130. The fraction of sp³-hybridized carbons (Fsp3) is 0.150. The molecule has 1 heterocycles. The van der Waals surface area contributed by atoms with Gasteiger partial charge >= 0.3 is 5.97 Å². The molecule has 0 spiro atoms. The van der Waals surface area contributed by atoms with Crippen LogP contribution in [0.4, 0.5) is 0 Å². The maximum atomic E-state index is 12.2. The highest BCUT2D eigenvalue weighted by molar-refractivity contribution is 6.05. The standard InChI is InChI=1S/C20H18O5/c1-22-16-6-4-5-13(10-16)9-15-12-18(25-20(15)21)14-7-8-17(23-2)19(11-14)24-3/h4-12H,1-3H3/b15-9-. The summed E-state index contributed by atoms with van der Waals surface area (Å²) >= 11 is 0. The Labute approximate surface area is 146 Å². The van der Waals surface area contributed by atoms with Gasteiger partial charge in [-0.2, -0.15) is 0 Å². The molecule has 2 aromatic carbocycles. The van der Waals surface area contributed by atoms with Crippen molar-refractivity contribution < 1.29 is 23.7 Å². The van der Waals surface area contributed by atoms with Crippen molar-refractivity contribution in [3.8, 4) is 17.2 Å². The number of carbonyl (C=O) groups is 1. The summed E-state index contributed by atoms with van der Waals surface area (Å²) in [5.74, 6) is 1.99. The molecule has 1 aliphatic rings. The Hall–Kier alpha value is -3.21. The van der Waals surface area contributed by atoms with E-state index in [1.165, 1.54) is 0 Å². The van der Waals surface area contributed by atoms with Gasteiger partial charge in [0.2, 0.25) is 0 Å². The summed E-state index contributed by atoms with van der Waals surface area (Å²) in [4.78, 5) is 12.2. The average Bonchev–Trinajstić information content (AvgIpc) is 3.01. The van der Waals surface area contributed by atoms with E-state index in [4.69, 9.17) is 18.9 Å². The van der Waals surface area contributed by atoms with E-state index in [1.807, 2.05) is 30.3 Å². The van der Waals surface area contributed by atoms with Crippen LogP contribution in [0.2, 0.25) is 0 Å². The second-order valence-electron chi connectivity index (χ2n) is 5.34. The predicted octanol–water partition coefficient (Wildman–Crippen LogP) is 3.69. The van der Waals surface area contributed by atoms with Gasteiger partial charge < -0.3 is 18.9 Å². The van der Waals surface area contributed by atoms with Gasteiger partial charge in [0.1, 0.15) is 11.5 Å². The molecule has 0 N–H and O–H groups in total. The fourth-order valence-corrected chi connectivity index (χ4v) is 2.53. The third kappa shape index (κ3) is 3.50. The highest BCUT2D eigenvalue weighted by Crippen LogP contribution is 2.34. The van der Waals surface area contributed by atoms with E-state index in [1.54, 1.807) is 45.6 Å². The molecular formula is C20H18O5. The Morgan fingerprint density at radius 2 is 1.72 bits per heavy atom. The van der Waals surface area contributed by atoms with E-state index < -0.39 is 5.97 Å². The number of ether oxygens (including phenoxy) is 4. The lowest BCUT2D eigenvalue weighted by Gasteiger charge is -2.09. The third-order valence-electron chi connectivity index (χ3n) is 3.81. The van der Waals surface area contributed by atoms with Crippen LogP contribution in [0.5, 0.6) is 17.2 Å². The quantitative estimate of drug-likeness (QED) is 0.615. The van der Waals surface area contributed by atoms with Crippen LogP contribution < -0.4 is 14.2 Å². The lowest BCUT2D eigenvalue weighted by Crippen LogP contribution is -1.98. The molecule has 0 aromatic heterocycles. The number of methoxy groups -OCH3 is 3. The van der Waals surface area contributed by atoms with Crippen molar-refractivity contribution in [2.45, 2.75) is 0 Å². The van der Waals surface area contributed by atoms with Crippen LogP contribution in [-0.4, -0.2) is 27.3 Å². The second-order valence-corrected chi connectivity index (χ2v) is 5.34. The molecule has 0 fully saturated rings. The molecular weight excluding hydrogens is 320 g/mol. The van der Waals surface area contributed by atoms with E-state index in [9.17, 15) is 4.79 Å². The number of benzene rings is 2. The van der Waals surface area contributed by atoms with Crippen LogP contribution in [0.15, 0.2) is 54.1 Å². The van der Waals surface area contributed by atoms with E-state index in [0.717, 1.165) is 16.9 Å². The SMILES string of the molecule is COc1cccc(/C=C2/C=C(c3ccc(OC)c(OC)c3)OC2=O)c1. The van der Waals surface area contributed by atoms with Crippen LogP contribution in [0, 0.1) is 0 Å². The predicted molar refractivity (Wildman–Crippen MR) is 94.6 cm³/mol. The van der Waals surface area contributed by atoms with Crippen LogP contribution in [0.1, 0.15) is 11.1 Å². The fourth-order valence-electron chi connectivity index (χ4n) is 2.53. The molecule has 0 radical (unpaired) electrons. The van der Waals surface area contributed by atoms with E-state index >= 15 is 0 Å². The third-order valence-corrected chi connectivity index (χ3v) is 3.81. The highest BCUT2D eigenvalue weighted by Gasteiger charge is 2.23. The first-order valence-corrected chi connectivity index (χ1v) is 7.66. The van der Waals surface area contributed by atoms with Gasteiger partial charge in [-0.25, -0.2) is 4.79 Å². The topological polar surface area (TPSA) is 54.0 Å². The minimum absolute atomic E-state index is 0.396. The first kappa shape index (κ1) is 16.6. The summed E-state index contributed by atoms with van der Waals surface area (Å²) in [6.07, 6.45) is 3.47. The van der Waals surface area contributed by atoms with Gasteiger partial charge in [-0.15, -0.1) is 0 Å². The molecule has 3 rings (SSSR count). The van der Waals surface area contributed by atoms with Crippen LogP contribution in [0.25, 0.3) is 11.8 Å². The van der Waals surface area contributed by atoms with Crippen LogP contribution in [-0.2, 0) is 9.53 Å². The molecule has 0 unspecified atom stereocenters. The minimum atomic E-state index is -0.396. The molecule has 0 bridgehead atoms. The van der Waals surface area contributed by atoms with Gasteiger partial charge in [-0.05, 0) is 48.0 Å². The Kier molecular flexibility index (Phi) is 4.75. The van der Waals surface area contributed by atoms with Gasteiger partial charge in [0.15, 0.2) is 11.5 Å². The summed E-state index contributed by atoms with van der Waals surface area (Å²) in [6, 6.07) is 12.8. The van der Waals surface area contributed by atoms with Crippen molar-refractivity contribution in [3.05, 3.63) is 65.2 Å². The van der Waals surface area contributed by atoms with Gasteiger partial charge in [0.05, 0.1) is 26.9 Å². The summed E-state index contributed by atoms with van der Waals surface area (Å²) in [5, 5.41) is 0. The molecule has 0 aliphatic carbocycles. The molecule has 0 amide bonds. The van der Waals surface area contributed by atoms with Crippen LogP contribution in [0.3, 0.4) is 0 Å². The zero-order chi connectivity index (χ0) is 17.8. The Morgan fingerprint density at radius 3 is 2.44 bits per heavy atom. The van der Waals surface area contributed by atoms with Crippen LogP contribution >= 0.6 is 0 Å². The molecule has 0 saturated heterocycles. The molecule has 2 aromatic rings. The van der Waals surface area contributed by atoms with Crippen molar-refractivity contribution in [1.29, 1.82) is 0 Å². The monoisotopic (exact) mass is 338 g/mol. The number of rotatable bonds is 5. The Bertz CT molecular complexity index is 864. The molecule has 128 valence electrons. The summed E-state index contributed by atoms with van der Waals surface area (Å²) in [6.45, 7) is 0. The first-order chi connectivity index (χ1) is 12.1. The largest absolute Gasteiger partial charge is 0.497 e. The smallest absolute Gasteiger partial charge is 0.343 e. The van der Waals surface area contributed by atoms with Crippen molar-refractivity contribution in [2.75, 3.05) is 21.3 Å². The van der Waals surface area contributed by atoms with Gasteiger partial charge in [-0.3, -0.25) is 0 Å². The molecule has 1 aliphatic heterocycles. The first-order valence-electron chi connectivity index (χ1n) is 7.66. The Morgan fingerprint density at radius 1 is 0.920 bits per heavy atom. The maximum Gasteiger partial charge on any atom is 0.343 e. The van der Waals surface area contributed by atoms with E-state index in [-0.39, 0.29) is 0 Å². The number of hydrogen-bond acceptors (Lipinski definition) is 5. The number of carbonyl (C=O) groups excluding carboxylic acids is 1. The summed E-state index contributed by atoms with van der Waals surface area (Å²) in [7, 11) is 4.73. The zero-order valence-corrected chi connectivity index (χ0v) is 14.2. The number of cyclic esters (lactones) is 1. The molecule has 25 heavy (non-hydrogen) atoms. The average molecular weight is 338 g/mol. The lowest BCUT2D eigenvalue weighted by atomic mass is 10.1. The summed E-state index contributed by atoms with van der Waals surface area (Å²) < 4.78 is 21.1. The Balaban J connectivity index is 1.93. The molecule has 0 saturated carbocycles. The van der Waals surface area contributed by atoms with Gasteiger partial charge in [0.25, 0.3) is 0 Å². The highest BCUT2D eigenvalue weighted by atomic mass is 16.5. The normalized spacial score (nSPS) is 14.9. The minimum Gasteiger partial charge on any atom is -0.497 e. The number of hydrogen-bond donors (Lipinski definition) is 0. The summed E-state index contributed by atoms with van der Waals surface area (Å²) in [5.41, 5.74) is 2.06. The second kappa shape index (κ2) is 7.13. The van der Waals surface area contributed by atoms with Crippen molar-refractivity contribution >= 4 is 17.8 Å². The van der Waals surface area contributed by atoms with Gasteiger partial charge in [-0.1, -0.05) is 12.1 Å². The van der Waals surface area contributed by atoms with Crippen molar-refractivity contribution in [2.24, 2.45) is 0 Å². The van der Waals surface area contributed by atoms with E-state index in [2.05, 4.69) is 0 Å². The molecule has 5 heteroatoms. The zero-order valence-electron chi connectivity index (χ0n) is 14.2. The molecule has 5 nitrogen and oxygen atoms in total. The molecule has 0 atom stereocenters. The van der Waals surface area contributed by atoms with Crippen molar-refractivity contribution in [3.63, 3.8) is 0 Å². The van der Waals surface area contributed by atoms with E-state index in [0.29, 0.717) is 22.8 Å². The maximum absolute atomic E-state index is 12.2. The van der Waals surface area contributed by atoms with Crippen molar-refractivity contribution in [1.82, 2.24) is 0 Å². The van der Waals surface area contributed by atoms with Gasteiger partial charge in [0, 0.05) is 5.56 Å².